The van der Waals surface area contributed by atoms with Crippen molar-refractivity contribution in [2.24, 2.45) is 12.8 Å². The summed E-state index contributed by atoms with van der Waals surface area (Å²) in [5.74, 6) is -0.0118. The van der Waals surface area contributed by atoms with Crippen LogP contribution in [0.1, 0.15) is 22.5 Å². The lowest BCUT2D eigenvalue weighted by Gasteiger charge is -2.22. The molecule has 0 radical (unpaired) electrons. The van der Waals surface area contributed by atoms with E-state index in [-0.39, 0.29) is 18.3 Å². The first-order valence-electron chi connectivity index (χ1n) is 6.73. The number of aromatic nitrogens is 2. The first-order valence-corrected chi connectivity index (χ1v) is 6.73. The molecule has 0 saturated heterocycles. The fraction of sp³-hybridized carbons (Fsp3) is 0.333. The van der Waals surface area contributed by atoms with E-state index < -0.39 is 0 Å². The van der Waals surface area contributed by atoms with E-state index in [1.54, 1.807) is 24.0 Å². The van der Waals surface area contributed by atoms with E-state index >= 15 is 0 Å². The fourth-order valence-corrected chi connectivity index (χ4v) is 2.08. The van der Waals surface area contributed by atoms with Crippen molar-refractivity contribution in [1.82, 2.24) is 14.7 Å². The average molecular weight is 309 g/mol. The predicted molar refractivity (Wildman–Crippen MR) is 85.3 cm³/mol. The highest BCUT2D eigenvalue weighted by molar-refractivity contribution is 5.92. The molecular formula is C15H21ClN4O. The van der Waals surface area contributed by atoms with Crippen LogP contribution in [-0.4, -0.2) is 33.7 Å². The van der Waals surface area contributed by atoms with Crippen LogP contribution >= 0.6 is 12.4 Å². The molecule has 0 aliphatic carbocycles. The van der Waals surface area contributed by atoms with Gasteiger partial charge < -0.3 is 10.6 Å². The normalized spacial score (nSPS) is 10.0. The van der Waals surface area contributed by atoms with Crippen molar-refractivity contribution in [3.8, 4) is 0 Å². The van der Waals surface area contributed by atoms with Crippen LogP contribution in [-0.2, 0) is 13.6 Å². The summed E-state index contributed by atoms with van der Waals surface area (Å²) in [6.07, 6.45) is 2.42. The van der Waals surface area contributed by atoms with Gasteiger partial charge in [-0.25, -0.2) is 0 Å². The molecule has 0 atom stereocenters. The van der Waals surface area contributed by atoms with Gasteiger partial charge in [-0.05, 0) is 24.6 Å². The van der Waals surface area contributed by atoms with Crippen LogP contribution < -0.4 is 5.73 Å². The first kappa shape index (κ1) is 17.2. The minimum absolute atomic E-state index is 0. The Bertz CT molecular complexity index is 556. The molecule has 0 spiro atoms. The Labute approximate surface area is 131 Å². The van der Waals surface area contributed by atoms with Crippen molar-refractivity contribution in [2.45, 2.75) is 13.0 Å². The molecule has 114 valence electrons. The van der Waals surface area contributed by atoms with Gasteiger partial charge in [-0.1, -0.05) is 30.3 Å². The van der Waals surface area contributed by atoms with Crippen molar-refractivity contribution >= 4 is 18.3 Å². The standard InChI is InChI=1S/C15H20N4O.ClH/c1-18-14(8-10-17-18)15(20)19(11-5-9-16)12-13-6-3-2-4-7-13;/h2-4,6-8,10H,5,9,11-12,16H2,1H3;1H. The molecule has 21 heavy (non-hydrogen) atoms. The highest BCUT2D eigenvalue weighted by Crippen LogP contribution is 2.10. The van der Waals surface area contributed by atoms with Crippen molar-refractivity contribution in [1.29, 1.82) is 0 Å². The lowest BCUT2D eigenvalue weighted by atomic mass is 10.2. The van der Waals surface area contributed by atoms with Gasteiger partial charge in [-0.3, -0.25) is 9.48 Å². The van der Waals surface area contributed by atoms with E-state index in [1.165, 1.54) is 0 Å². The van der Waals surface area contributed by atoms with Crippen LogP contribution in [0.5, 0.6) is 0 Å². The zero-order valence-electron chi connectivity index (χ0n) is 12.1. The van der Waals surface area contributed by atoms with Gasteiger partial charge in [0.15, 0.2) is 0 Å². The molecule has 0 saturated carbocycles. The van der Waals surface area contributed by atoms with E-state index in [2.05, 4.69) is 5.10 Å². The zero-order valence-corrected chi connectivity index (χ0v) is 12.9. The molecule has 2 N–H and O–H groups in total. The number of carbonyl (C=O) groups is 1. The maximum absolute atomic E-state index is 12.6. The number of rotatable bonds is 6. The lowest BCUT2D eigenvalue weighted by molar-refractivity contribution is 0.0731. The third kappa shape index (κ3) is 4.58. The topological polar surface area (TPSA) is 64.2 Å². The van der Waals surface area contributed by atoms with E-state index in [9.17, 15) is 4.79 Å². The van der Waals surface area contributed by atoms with Gasteiger partial charge in [0, 0.05) is 26.3 Å². The van der Waals surface area contributed by atoms with Gasteiger partial charge in [0.05, 0.1) is 0 Å². The van der Waals surface area contributed by atoms with E-state index in [0.29, 0.717) is 25.3 Å². The third-order valence-corrected chi connectivity index (χ3v) is 3.18. The highest BCUT2D eigenvalue weighted by atomic mass is 35.5. The summed E-state index contributed by atoms with van der Waals surface area (Å²) in [6.45, 7) is 1.81. The van der Waals surface area contributed by atoms with Gasteiger partial charge in [-0.2, -0.15) is 5.10 Å². The number of nitrogens with two attached hydrogens (primary N) is 1. The summed E-state index contributed by atoms with van der Waals surface area (Å²) >= 11 is 0. The lowest BCUT2D eigenvalue weighted by Crippen LogP contribution is -2.33. The van der Waals surface area contributed by atoms with Gasteiger partial charge in [0.25, 0.3) is 5.91 Å². The van der Waals surface area contributed by atoms with Gasteiger partial charge in [0.2, 0.25) is 0 Å². The molecule has 5 nitrogen and oxygen atoms in total. The summed E-state index contributed by atoms with van der Waals surface area (Å²) in [6, 6.07) is 11.7. The predicted octanol–water partition coefficient (Wildman–Crippen LogP) is 1.83. The van der Waals surface area contributed by atoms with E-state index in [1.807, 2.05) is 35.2 Å². The van der Waals surface area contributed by atoms with Crippen LogP contribution in [0.4, 0.5) is 0 Å². The molecule has 0 aliphatic rings. The number of hydrogen-bond donors (Lipinski definition) is 1. The third-order valence-electron chi connectivity index (χ3n) is 3.18. The van der Waals surface area contributed by atoms with Crippen LogP contribution in [0.25, 0.3) is 0 Å². The SMILES string of the molecule is Cl.Cn1nccc1C(=O)N(CCCN)Cc1ccccc1. The maximum atomic E-state index is 12.6. The molecule has 1 aromatic carbocycles. The molecule has 2 aromatic rings. The Kier molecular flexibility index (Phi) is 6.91. The van der Waals surface area contributed by atoms with Crippen LogP contribution in [0, 0.1) is 0 Å². The summed E-state index contributed by atoms with van der Waals surface area (Å²) < 4.78 is 1.60. The van der Waals surface area contributed by atoms with Crippen molar-refractivity contribution < 1.29 is 4.79 Å². The monoisotopic (exact) mass is 308 g/mol. The number of carbonyl (C=O) groups excluding carboxylic acids is 1. The Morgan fingerprint density at radius 3 is 2.57 bits per heavy atom. The molecular weight excluding hydrogens is 288 g/mol. The van der Waals surface area contributed by atoms with Crippen LogP contribution in [0.2, 0.25) is 0 Å². The second-order valence-corrected chi connectivity index (χ2v) is 4.69. The van der Waals surface area contributed by atoms with Crippen molar-refractivity contribution in [3.05, 3.63) is 53.9 Å². The smallest absolute Gasteiger partial charge is 0.272 e. The highest BCUT2D eigenvalue weighted by Gasteiger charge is 2.18. The number of benzene rings is 1. The second-order valence-electron chi connectivity index (χ2n) is 4.69. The Morgan fingerprint density at radius 1 is 1.29 bits per heavy atom. The molecule has 1 aromatic heterocycles. The van der Waals surface area contributed by atoms with Crippen LogP contribution in [0.3, 0.4) is 0 Å². The number of aryl methyl sites for hydroxylation is 1. The molecule has 2 rings (SSSR count). The van der Waals surface area contributed by atoms with Crippen molar-refractivity contribution in [2.75, 3.05) is 13.1 Å². The molecule has 0 bridgehead atoms. The van der Waals surface area contributed by atoms with Gasteiger partial charge in [-0.15, -0.1) is 12.4 Å². The van der Waals surface area contributed by atoms with Crippen molar-refractivity contribution in [3.63, 3.8) is 0 Å². The van der Waals surface area contributed by atoms with Gasteiger partial charge in [0.1, 0.15) is 5.69 Å². The van der Waals surface area contributed by atoms with Gasteiger partial charge >= 0.3 is 0 Å². The fourth-order valence-electron chi connectivity index (χ4n) is 2.08. The molecule has 0 fully saturated rings. The minimum atomic E-state index is -0.0118. The summed E-state index contributed by atoms with van der Waals surface area (Å²) in [4.78, 5) is 14.4. The largest absolute Gasteiger partial charge is 0.333 e. The Hall–Kier alpha value is -1.85. The second kappa shape index (κ2) is 8.44. The molecule has 0 unspecified atom stereocenters. The Morgan fingerprint density at radius 2 is 2.00 bits per heavy atom. The molecule has 1 heterocycles. The quantitative estimate of drug-likeness (QED) is 0.885. The zero-order chi connectivity index (χ0) is 14.4. The average Bonchev–Trinajstić information content (AvgIpc) is 2.90. The molecule has 0 aliphatic heterocycles. The van der Waals surface area contributed by atoms with E-state index in [4.69, 9.17) is 5.73 Å². The number of amides is 1. The van der Waals surface area contributed by atoms with E-state index in [0.717, 1.165) is 12.0 Å². The van der Waals surface area contributed by atoms with Crippen LogP contribution in [0.15, 0.2) is 42.6 Å². The summed E-state index contributed by atoms with van der Waals surface area (Å²) in [5.41, 5.74) is 7.27. The Balaban J connectivity index is 0.00000220. The number of hydrogen-bond acceptors (Lipinski definition) is 3. The maximum Gasteiger partial charge on any atom is 0.272 e. The molecule has 6 heteroatoms. The molecule has 1 amide bonds. The number of nitrogens with zero attached hydrogens (tertiary/aromatic N) is 3. The minimum Gasteiger partial charge on any atom is -0.333 e. The first-order chi connectivity index (χ1) is 9.72. The number of halogens is 1. The summed E-state index contributed by atoms with van der Waals surface area (Å²) in [5, 5.41) is 4.05. The summed E-state index contributed by atoms with van der Waals surface area (Å²) in [7, 11) is 1.77.